The van der Waals surface area contributed by atoms with E-state index >= 15 is 0 Å². The highest BCUT2D eigenvalue weighted by Gasteiger charge is 2.36. The van der Waals surface area contributed by atoms with E-state index < -0.39 is 11.5 Å². The standard InChI is InChI=1S/C26H52N4O2/c27-25(28)29-22-19-21-26(24(31)32)20-17-15-13-11-9-7-5-3-1-2-4-6-8-10-12-14-16-18-23-30-26/h30H,1-23H2,(H,31,32)(H4,27,28,29)/t26-/m0/s1. The molecule has 6 nitrogen and oxygen atoms in total. The molecule has 0 radical (unpaired) electrons. The third-order valence-electron chi connectivity index (χ3n) is 6.96. The fourth-order valence-corrected chi connectivity index (χ4v) is 4.89. The molecule has 1 saturated heterocycles. The molecule has 0 saturated carbocycles. The lowest BCUT2D eigenvalue weighted by molar-refractivity contribution is -0.145. The van der Waals surface area contributed by atoms with Crippen LogP contribution in [0.3, 0.4) is 0 Å². The van der Waals surface area contributed by atoms with Crippen molar-refractivity contribution >= 4 is 11.9 Å². The van der Waals surface area contributed by atoms with Crippen LogP contribution in [-0.2, 0) is 4.79 Å². The van der Waals surface area contributed by atoms with E-state index in [2.05, 4.69) is 10.3 Å². The minimum Gasteiger partial charge on any atom is -0.480 e. The van der Waals surface area contributed by atoms with Gasteiger partial charge in [-0.25, -0.2) is 0 Å². The van der Waals surface area contributed by atoms with E-state index in [0.717, 1.165) is 25.8 Å². The maximum Gasteiger partial charge on any atom is 0.323 e. The molecule has 1 atom stereocenters. The Morgan fingerprint density at radius 3 is 1.53 bits per heavy atom. The number of nitrogens with two attached hydrogens (primary N) is 2. The maximum atomic E-state index is 12.3. The predicted molar refractivity (Wildman–Crippen MR) is 136 cm³/mol. The summed E-state index contributed by atoms with van der Waals surface area (Å²) in [6.45, 7) is 1.26. The number of hydrogen-bond donors (Lipinski definition) is 4. The number of nitrogens with one attached hydrogen (secondary N) is 1. The molecule has 0 aromatic carbocycles. The second-order valence-corrected chi connectivity index (χ2v) is 9.84. The summed E-state index contributed by atoms with van der Waals surface area (Å²) in [6, 6.07) is 0. The van der Waals surface area contributed by atoms with Crippen molar-refractivity contribution in [2.75, 3.05) is 13.1 Å². The van der Waals surface area contributed by atoms with Crippen molar-refractivity contribution in [1.82, 2.24) is 5.32 Å². The zero-order valence-electron chi connectivity index (χ0n) is 20.7. The van der Waals surface area contributed by atoms with E-state index in [1.807, 2.05) is 0 Å². The van der Waals surface area contributed by atoms with Crippen LogP contribution in [0.5, 0.6) is 0 Å². The van der Waals surface area contributed by atoms with Gasteiger partial charge in [0.25, 0.3) is 0 Å². The van der Waals surface area contributed by atoms with E-state index in [1.54, 1.807) is 0 Å². The van der Waals surface area contributed by atoms with Gasteiger partial charge < -0.3 is 21.9 Å². The van der Waals surface area contributed by atoms with Crippen molar-refractivity contribution in [3.05, 3.63) is 0 Å². The fourth-order valence-electron chi connectivity index (χ4n) is 4.89. The van der Waals surface area contributed by atoms with Gasteiger partial charge in [0, 0.05) is 6.54 Å². The second kappa shape index (κ2) is 19.2. The number of guanidine groups is 1. The third kappa shape index (κ3) is 14.7. The Morgan fingerprint density at radius 1 is 0.719 bits per heavy atom. The van der Waals surface area contributed by atoms with Gasteiger partial charge in [-0.05, 0) is 32.2 Å². The van der Waals surface area contributed by atoms with Crippen LogP contribution in [0.25, 0.3) is 0 Å². The molecule has 6 N–H and O–H groups in total. The third-order valence-corrected chi connectivity index (χ3v) is 6.96. The van der Waals surface area contributed by atoms with E-state index in [0.29, 0.717) is 25.8 Å². The summed E-state index contributed by atoms with van der Waals surface area (Å²) in [5.41, 5.74) is 9.99. The molecule has 1 fully saturated rings. The number of aliphatic imine (C=N–C) groups is 1. The zero-order valence-corrected chi connectivity index (χ0v) is 20.7. The van der Waals surface area contributed by atoms with Gasteiger partial charge in [-0.1, -0.05) is 109 Å². The average Bonchev–Trinajstić information content (AvgIpc) is 2.76. The molecule has 1 rings (SSSR count). The first kappa shape index (κ1) is 28.7. The molecular formula is C26H52N4O2. The summed E-state index contributed by atoms with van der Waals surface area (Å²) in [4.78, 5) is 16.4. The maximum absolute atomic E-state index is 12.3. The normalized spacial score (nSPS) is 24.5. The number of carbonyl (C=O) groups is 1. The minimum absolute atomic E-state index is 0.0740. The number of hydrogen-bond acceptors (Lipinski definition) is 3. The molecule has 1 heterocycles. The Kier molecular flexibility index (Phi) is 17.2. The first-order chi connectivity index (χ1) is 15.6. The van der Waals surface area contributed by atoms with Gasteiger partial charge in [0.05, 0.1) is 0 Å². The SMILES string of the molecule is NC(N)=NCCC[C@]1(C(=O)O)CCCCCCCCCCCCCCCCCCCCN1. The molecule has 32 heavy (non-hydrogen) atoms. The molecule has 188 valence electrons. The first-order valence-corrected chi connectivity index (χ1v) is 13.6. The highest BCUT2D eigenvalue weighted by Crippen LogP contribution is 2.23. The van der Waals surface area contributed by atoms with Crippen LogP contribution in [0.2, 0.25) is 0 Å². The van der Waals surface area contributed by atoms with Gasteiger partial charge in [0.2, 0.25) is 0 Å². The lowest BCUT2D eigenvalue weighted by atomic mass is 9.86. The van der Waals surface area contributed by atoms with E-state index in [4.69, 9.17) is 11.5 Å². The number of nitrogens with zero attached hydrogens (tertiary/aromatic N) is 1. The summed E-state index contributed by atoms with van der Waals surface area (Å²) in [5, 5.41) is 13.6. The largest absolute Gasteiger partial charge is 0.480 e. The summed E-state index contributed by atoms with van der Waals surface area (Å²) in [6.07, 6.45) is 25.1. The predicted octanol–water partition coefficient (Wildman–Crippen LogP) is 5.88. The van der Waals surface area contributed by atoms with Crippen LogP contribution in [0.15, 0.2) is 4.99 Å². The Hall–Kier alpha value is -1.30. The molecule has 1 aliphatic heterocycles. The van der Waals surface area contributed by atoms with Crippen LogP contribution in [0.1, 0.15) is 135 Å². The van der Waals surface area contributed by atoms with Crippen LogP contribution in [-0.4, -0.2) is 35.7 Å². The van der Waals surface area contributed by atoms with Crippen molar-refractivity contribution in [2.45, 2.75) is 140 Å². The monoisotopic (exact) mass is 452 g/mol. The molecule has 0 spiro atoms. The Labute approximate surface area is 197 Å². The van der Waals surface area contributed by atoms with Gasteiger partial charge in [-0.2, -0.15) is 0 Å². The summed E-state index contributed by atoms with van der Waals surface area (Å²) >= 11 is 0. The highest BCUT2D eigenvalue weighted by molar-refractivity contribution is 5.78. The first-order valence-electron chi connectivity index (χ1n) is 13.6. The molecule has 0 aromatic rings. The molecule has 0 aromatic heterocycles. The summed E-state index contributed by atoms with van der Waals surface area (Å²) in [5.74, 6) is -0.651. The Morgan fingerprint density at radius 2 is 1.12 bits per heavy atom. The van der Waals surface area contributed by atoms with Gasteiger partial charge >= 0.3 is 5.97 Å². The van der Waals surface area contributed by atoms with Crippen molar-refractivity contribution in [3.8, 4) is 0 Å². The molecule has 0 unspecified atom stereocenters. The van der Waals surface area contributed by atoms with E-state index in [9.17, 15) is 9.90 Å². The lowest BCUT2D eigenvalue weighted by Gasteiger charge is -2.31. The number of aliphatic carboxylic acids is 1. The zero-order chi connectivity index (χ0) is 23.3. The van der Waals surface area contributed by atoms with Gasteiger partial charge in [0.15, 0.2) is 5.96 Å². The molecule has 0 aliphatic carbocycles. The van der Waals surface area contributed by atoms with Crippen molar-refractivity contribution in [2.24, 2.45) is 16.5 Å². The van der Waals surface area contributed by atoms with Crippen molar-refractivity contribution in [3.63, 3.8) is 0 Å². The summed E-state index contributed by atoms with van der Waals surface area (Å²) in [7, 11) is 0. The van der Waals surface area contributed by atoms with Crippen LogP contribution < -0.4 is 16.8 Å². The van der Waals surface area contributed by atoms with Gasteiger partial charge in [0.1, 0.15) is 5.54 Å². The highest BCUT2D eigenvalue weighted by atomic mass is 16.4. The molecule has 1 aliphatic rings. The van der Waals surface area contributed by atoms with E-state index in [-0.39, 0.29) is 5.96 Å². The molecule has 0 bridgehead atoms. The molecule has 0 amide bonds. The molecule has 6 heteroatoms. The van der Waals surface area contributed by atoms with Crippen molar-refractivity contribution < 1.29 is 9.90 Å². The fraction of sp³-hybridized carbons (Fsp3) is 0.923. The smallest absolute Gasteiger partial charge is 0.323 e. The Balaban J connectivity index is 2.55. The molecular weight excluding hydrogens is 400 g/mol. The Bertz CT molecular complexity index is 470. The van der Waals surface area contributed by atoms with Crippen LogP contribution in [0.4, 0.5) is 0 Å². The topological polar surface area (TPSA) is 114 Å². The minimum atomic E-state index is -0.851. The average molecular weight is 453 g/mol. The van der Waals surface area contributed by atoms with Crippen molar-refractivity contribution in [1.29, 1.82) is 0 Å². The van der Waals surface area contributed by atoms with E-state index in [1.165, 1.54) is 96.3 Å². The number of carboxylic acids is 1. The second-order valence-electron chi connectivity index (χ2n) is 9.84. The summed E-state index contributed by atoms with van der Waals surface area (Å²) < 4.78 is 0. The number of rotatable bonds is 5. The number of carboxylic acid groups (broad SMARTS) is 1. The quantitative estimate of drug-likeness (QED) is 0.236. The van der Waals surface area contributed by atoms with Gasteiger partial charge in [-0.15, -0.1) is 0 Å². The van der Waals surface area contributed by atoms with Crippen LogP contribution >= 0.6 is 0 Å². The van der Waals surface area contributed by atoms with Crippen LogP contribution in [0, 0.1) is 0 Å². The van der Waals surface area contributed by atoms with Gasteiger partial charge in [-0.3, -0.25) is 9.79 Å². The lowest BCUT2D eigenvalue weighted by Crippen LogP contribution is -2.52.